The average molecular weight is 998 g/mol. The summed E-state index contributed by atoms with van der Waals surface area (Å²) in [4.78, 5) is 91.8. The van der Waals surface area contributed by atoms with Crippen LogP contribution in [0.1, 0.15) is 85.4 Å². The van der Waals surface area contributed by atoms with Crippen LogP contribution in [-0.2, 0) is 19.9 Å². The van der Waals surface area contributed by atoms with Crippen molar-refractivity contribution in [3.8, 4) is 11.5 Å². The molecule has 4 heterocycles. The number of urea groups is 2. The van der Waals surface area contributed by atoms with Crippen LogP contribution in [0.3, 0.4) is 0 Å². The third-order valence-corrected chi connectivity index (χ3v) is 12.0. The first-order chi connectivity index (χ1) is 34.1. The number of nitrogens with zero attached hydrogens (tertiary/aromatic N) is 5. The van der Waals surface area contributed by atoms with E-state index < -0.39 is 24.0 Å². The maximum Gasteiger partial charge on any atom is 0.357 e. The molecule has 4 aromatic carbocycles. The molecule has 8 rings (SSSR count). The number of carboxylic acids is 2. The van der Waals surface area contributed by atoms with E-state index >= 15 is 0 Å². The summed E-state index contributed by atoms with van der Waals surface area (Å²) in [6.07, 6.45) is 6.23. The van der Waals surface area contributed by atoms with Gasteiger partial charge in [-0.05, 0) is 62.4 Å². The lowest BCUT2D eigenvalue weighted by molar-refractivity contribution is 0.0680. The monoisotopic (exact) mass is 997 g/mol. The zero-order valence-electron chi connectivity index (χ0n) is 38.4. The molecule has 0 unspecified atom stereocenters. The Balaban J connectivity index is 0.000000209. The van der Waals surface area contributed by atoms with E-state index in [-0.39, 0.29) is 35.3 Å². The van der Waals surface area contributed by atoms with Gasteiger partial charge in [0.15, 0.2) is 39.1 Å². The highest BCUT2D eigenvalue weighted by Gasteiger charge is 2.22. The number of thiazole rings is 2. The number of carbonyl (C=O) groups is 6. The Morgan fingerprint density at radius 3 is 1.55 bits per heavy atom. The van der Waals surface area contributed by atoms with Crippen molar-refractivity contribution in [3.05, 3.63) is 176 Å². The van der Waals surface area contributed by atoms with Crippen molar-refractivity contribution >= 4 is 79.9 Å². The fourth-order valence-corrected chi connectivity index (χ4v) is 8.43. The number of hydrogen-bond acceptors (Lipinski definition) is 15. The highest BCUT2D eigenvalue weighted by molar-refractivity contribution is 7.16. The minimum Gasteiger partial charge on any atom is -0.496 e. The van der Waals surface area contributed by atoms with Crippen LogP contribution in [0.15, 0.2) is 114 Å². The highest BCUT2D eigenvalue weighted by Crippen LogP contribution is 2.29. The van der Waals surface area contributed by atoms with Crippen molar-refractivity contribution in [1.29, 1.82) is 0 Å². The fraction of sp³-hybridized carbons (Fsp3) is 0.143. The number of para-hydroxylation sites is 2. The number of ether oxygens (including phenoxy) is 2. The number of amides is 4. The third kappa shape index (κ3) is 12.6. The van der Waals surface area contributed by atoms with E-state index in [1.165, 1.54) is 49.3 Å². The number of benzene rings is 4. The first kappa shape index (κ1) is 49.9. The van der Waals surface area contributed by atoms with Gasteiger partial charge in [0.05, 0.1) is 43.1 Å². The molecular formula is C49H43N9O11S2. The van der Waals surface area contributed by atoms with Crippen LogP contribution in [0.2, 0.25) is 0 Å². The Morgan fingerprint density at radius 1 is 0.620 bits per heavy atom. The molecule has 20 nitrogen and oxygen atoms in total. The molecule has 0 atom stereocenters. The quantitative estimate of drug-likeness (QED) is 0.0493. The lowest BCUT2D eigenvalue weighted by Crippen LogP contribution is -2.21. The Morgan fingerprint density at radius 2 is 1.10 bits per heavy atom. The van der Waals surface area contributed by atoms with Crippen molar-refractivity contribution in [2.45, 2.75) is 26.7 Å². The lowest BCUT2D eigenvalue weighted by Gasteiger charge is -2.13. The third-order valence-electron chi connectivity index (χ3n) is 10.2. The molecule has 0 aliphatic heterocycles. The molecule has 0 aliphatic carbocycles. The molecule has 4 amide bonds. The fourth-order valence-electron chi connectivity index (χ4n) is 6.83. The summed E-state index contributed by atoms with van der Waals surface area (Å²) in [5, 5.41) is 29.5. The minimum absolute atomic E-state index is 0.0358. The Labute approximate surface area is 412 Å². The second-order valence-electron chi connectivity index (χ2n) is 15.3. The van der Waals surface area contributed by atoms with Crippen LogP contribution in [0.5, 0.6) is 11.5 Å². The van der Waals surface area contributed by atoms with E-state index in [1.807, 2.05) is 13.8 Å². The molecule has 0 radical (unpaired) electrons. The van der Waals surface area contributed by atoms with Gasteiger partial charge in [-0.15, -0.1) is 22.7 Å². The first-order valence-corrected chi connectivity index (χ1v) is 22.8. The van der Waals surface area contributed by atoms with Gasteiger partial charge in [0.25, 0.3) is 0 Å². The molecule has 0 fully saturated rings. The summed E-state index contributed by atoms with van der Waals surface area (Å²) in [7, 11) is 4.70. The molecular weight excluding hydrogens is 955 g/mol. The van der Waals surface area contributed by atoms with Gasteiger partial charge in [0.1, 0.15) is 23.6 Å². The number of ketones is 2. The minimum atomic E-state index is -1.18. The van der Waals surface area contributed by atoms with E-state index in [0.29, 0.717) is 72.5 Å². The van der Waals surface area contributed by atoms with Crippen LogP contribution in [0, 0.1) is 13.8 Å². The number of aryl methyl sites for hydroxylation is 3. The maximum absolute atomic E-state index is 13.3. The van der Waals surface area contributed by atoms with Gasteiger partial charge in [0, 0.05) is 52.9 Å². The van der Waals surface area contributed by atoms with E-state index in [1.54, 1.807) is 103 Å². The Hall–Kier alpha value is -9.02. The molecule has 362 valence electrons. The van der Waals surface area contributed by atoms with Crippen molar-refractivity contribution in [1.82, 2.24) is 24.5 Å². The van der Waals surface area contributed by atoms with Gasteiger partial charge in [-0.2, -0.15) is 0 Å². The predicted octanol–water partition coefficient (Wildman–Crippen LogP) is 8.97. The van der Waals surface area contributed by atoms with Crippen molar-refractivity contribution in [2.75, 3.05) is 35.5 Å². The smallest absolute Gasteiger partial charge is 0.357 e. The van der Waals surface area contributed by atoms with Crippen LogP contribution in [0.25, 0.3) is 0 Å². The number of rotatable bonds is 16. The molecule has 22 heteroatoms. The van der Waals surface area contributed by atoms with Crippen LogP contribution in [-0.4, -0.2) is 84.5 Å². The van der Waals surface area contributed by atoms with Crippen LogP contribution < -0.4 is 30.7 Å². The number of methoxy groups -OCH3 is 2. The van der Waals surface area contributed by atoms with Crippen LogP contribution >= 0.6 is 22.7 Å². The number of hydrogen-bond donors (Lipinski definition) is 6. The number of aromatic nitrogens is 5. The number of carbonyl (C=O) groups excluding carboxylic acids is 4. The molecule has 0 bridgehead atoms. The first-order valence-electron chi connectivity index (χ1n) is 21.1. The average Bonchev–Trinajstić information content (AvgIpc) is 4.19. The number of aromatic carboxylic acids is 2. The number of imidazole rings is 1. The number of anilines is 4. The standard InChI is InChI=1S/C25H23N5O5S.C24H20N4O6S/c1-14-8-9-18(17(10-14)22(31)16-6-4-5-7-20(16)35-3)28-24(34)29-25-26-12-15(36-25)11-21-27-19(23(32)33)13-30(21)2;1-13-7-8-17(16(9-13)21(29)15-5-3-4-6-19(15)33-2)27-23(32)28-24-25-11-14(35-24)10-20-26-18(12-34-20)22(30)31/h4-10,12-13H,11H2,1-3H3,(H,32,33)(H2,26,28,29,34);3-9,11-12H,10H2,1-2H3,(H,30,31)(H2,25,27,28,32). The summed E-state index contributed by atoms with van der Waals surface area (Å²) in [6.45, 7) is 3.72. The summed E-state index contributed by atoms with van der Waals surface area (Å²) in [5.41, 5.74) is 3.61. The van der Waals surface area contributed by atoms with Gasteiger partial charge in [-0.1, -0.05) is 47.5 Å². The largest absolute Gasteiger partial charge is 0.496 e. The highest BCUT2D eigenvalue weighted by atomic mass is 32.1. The van der Waals surface area contributed by atoms with Crippen molar-refractivity contribution in [3.63, 3.8) is 0 Å². The van der Waals surface area contributed by atoms with E-state index in [0.717, 1.165) is 22.3 Å². The van der Waals surface area contributed by atoms with Crippen molar-refractivity contribution < 1.29 is 52.9 Å². The molecule has 71 heavy (non-hydrogen) atoms. The molecule has 8 aromatic rings. The van der Waals surface area contributed by atoms with E-state index in [9.17, 15) is 28.8 Å². The normalized spacial score (nSPS) is 10.6. The predicted molar refractivity (Wildman–Crippen MR) is 264 cm³/mol. The second-order valence-corrected chi connectivity index (χ2v) is 17.6. The Kier molecular flexibility index (Phi) is 15.7. The zero-order valence-corrected chi connectivity index (χ0v) is 40.1. The molecule has 0 spiro atoms. The molecule has 0 saturated heterocycles. The summed E-state index contributed by atoms with van der Waals surface area (Å²) >= 11 is 2.43. The lowest BCUT2D eigenvalue weighted by atomic mass is 9.99. The van der Waals surface area contributed by atoms with Gasteiger partial charge in [-0.25, -0.2) is 39.1 Å². The molecule has 0 saturated carbocycles. The number of nitrogens with one attached hydrogen (secondary N) is 4. The molecule has 4 aromatic heterocycles. The van der Waals surface area contributed by atoms with E-state index in [4.69, 9.17) is 24.1 Å². The topological polar surface area (TPSA) is 279 Å². The second kappa shape index (κ2) is 22.4. The molecule has 6 N–H and O–H groups in total. The van der Waals surface area contributed by atoms with E-state index in [2.05, 4.69) is 41.2 Å². The van der Waals surface area contributed by atoms with Gasteiger partial charge in [0.2, 0.25) is 0 Å². The Bertz CT molecular complexity index is 3300. The molecule has 0 aliphatic rings. The van der Waals surface area contributed by atoms with Gasteiger partial charge < -0.3 is 39.3 Å². The maximum atomic E-state index is 13.3. The summed E-state index contributed by atoms with van der Waals surface area (Å²) in [5.74, 6) is -1.18. The van der Waals surface area contributed by atoms with Gasteiger partial charge in [-0.3, -0.25) is 20.2 Å². The van der Waals surface area contributed by atoms with Gasteiger partial charge >= 0.3 is 24.0 Å². The summed E-state index contributed by atoms with van der Waals surface area (Å²) in [6, 6.07) is 23.0. The van der Waals surface area contributed by atoms with Crippen LogP contribution in [0.4, 0.5) is 31.2 Å². The number of carboxylic acid groups (broad SMARTS) is 2. The summed E-state index contributed by atoms with van der Waals surface area (Å²) < 4.78 is 17.4. The SMILES string of the molecule is COc1ccccc1C(=O)c1cc(C)ccc1NC(=O)Nc1ncc(Cc2nc(C(=O)O)cn2C)s1.COc1ccccc1C(=O)c1cc(C)ccc1NC(=O)Nc1ncc(Cc2nc(C(=O)O)co2)s1. The van der Waals surface area contributed by atoms with Crippen molar-refractivity contribution in [2.24, 2.45) is 7.05 Å². The zero-order chi connectivity index (χ0) is 50.8. The number of oxazole rings is 1.